The fourth-order valence-corrected chi connectivity index (χ4v) is 4.32. The summed E-state index contributed by atoms with van der Waals surface area (Å²) in [4.78, 5) is 2.58. The number of ether oxygens (including phenoxy) is 1. The molecule has 142 valence electrons. The van der Waals surface area contributed by atoms with E-state index < -0.39 is 15.6 Å². The second kappa shape index (κ2) is 8.97. The minimum atomic E-state index is -3.55. The molecule has 0 bridgehead atoms. The van der Waals surface area contributed by atoms with Crippen molar-refractivity contribution >= 4 is 22.4 Å². The van der Waals surface area contributed by atoms with Gasteiger partial charge in [0.05, 0.1) is 23.6 Å². The van der Waals surface area contributed by atoms with E-state index in [0.717, 1.165) is 18.7 Å². The number of morpholine rings is 1. The average Bonchev–Trinajstić information content (AvgIpc) is 2.68. The van der Waals surface area contributed by atoms with Gasteiger partial charge in [-0.05, 0) is 24.6 Å². The molecule has 3 rings (SSSR count). The molecule has 1 unspecified atom stereocenters. The summed E-state index contributed by atoms with van der Waals surface area (Å²) in [5.74, 6) is 0. The molecule has 26 heavy (non-hydrogen) atoms. The molecule has 1 aliphatic heterocycles. The highest BCUT2D eigenvalue weighted by atomic mass is 35.5. The normalized spacial score (nSPS) is 17.9. The van der Waals surface area contributed by atoms with E-state index in [1.165, 1.54) is 0 Å². The Kier molecular flexibility index (Phi) is 7.20. The van der Waals surface area contributed by atoms with Crippen molar-refractivity contribution in [2.45, 2.75) is 17.4 Å². The van der Waals surface area contributed by atoms with Crippen LogP contribution in [0, 0.1) is 0 Å². The van der Waals surface area contributed by atoms with Crippen molar-refractivity contribution < 1.29 is 13.2 Å². The first kappa shape index (κ1) is 20.9. The number of nitrogens with zero attached hydrogens (tertiary/aromatic N) is 1. The number of halogens is 1. The number of rotatable bonds is 6. The minimum absolute atomic E-state index is 0. The van der Waals surface area contributed by atoms with Crippen LogP contribution in [0.4, 0.5) is 0 Å². The molecule has 1 aliphatic rings. The van der Waals surface area contributed by atoms with Gasteiger partial charge in [0.15, 0.2) is 0 Å². The molecule has 0 spiro atoms. The Hall–Kier alpha value is -1.44. The van der Waals surface area contributed by atoms with Crippen LogP contribution in [0.1, 0.15) is 12.5 Å². The molecular formula is C19H25ClN2O3S. The van der Waals surface area contributed by atoms with Gasteiger partial charge < -0.3 is 4.74 Å². The number of nitrogens with one attached hydrogen (secondary N) is 1. The van der Waals surface area contributed by atoms with Crippen LogP contribution in [-0.4, -0.2) is 46.2 Å². The van der Waals surface area contributed by atoms with Crippen molar-refractivity contribution in [2.75, 3.05) is 32.8 Å². The van der Waals surface area contributed by atoms with E-state index in [1.54, 1.807) is 30.3 Å². The Morgan fingerprint density at radius 3 is 2.12 bits per heavy atom. The summed E-state index contributed by atoms with van der Waals surface area (Å²) >= 11 is 0. The summed E-state index contributed by atoms with van der Waals surface area (Å²) in [6.45, 7) is 5.26. The fraction of sp³-hybridized carbons (Fsp3) is 0.368. The molecule has 5 nitrogen and oxygen atoms in total. The third kappa shape index (κ3) is 4.64. The summed E-state index contributed by atoms with van der Waals surface area (Å²) < 4.78 is 33.5. The smallest absolute Gasteiger partial charge is 0.240 e. The third-order valence-electron chi connectivity index (χ3n) is 4.76. The summed E-state index contributed by atoms with van der Waals surface area (Å²) in [6.07, 6.45) is 0. The number of hydrogen-bond donors (Lipinski definition) is 1. The topological polar surface area (TPSA) is 58.6 Å². The van der Waals surface area contributed by atoms with E-state index in [9.17, 15) is 8.42 Å². The first-order valence-corrected chi connectivity index (χ1v) is 9.94. The summed E-state index contributed by atoms with van der Waals surface area (Å²) in [5, 5.41) is 0. The third-order valence-corrected chi connectivity index (χ3v) is 6.18. The first-order valence-electron chi connectivity index (χ1n) is 8.45. The molecule has 1 saturated heterocycles. The lowest BCUT2D eigenvalue weighted by Gasteiger charge is -2.43. The molecule has 1 heterocycles. The van der Waals surface area contributed by atoms with Crippen LogP contribution < -0.4 is 4.72 Å². The maximum atomic E-state index is 12.6. The predicted octanol–water partition coefficient (Wildman–Crippen LogP) is 2.63. The van der Waals surface area contributed by atoms with Gasteiger partial charge in [0, 0.05) is 19.6 Å². The second-order valence-corrected chi connectivity index (χ2v) is 8.14. The van der Waals surface area contributed by atoms with Crippen molar-refractivity contribution in [3.8, 4) is 0 Å². The summed E-state index contributed by atoms with van der Waals surface area (Å²) in [6, 6.07) is 18.5. The van der Waals surface area contributed by atoms with Crippen LogP contribution in [-0.2, 0) is 20.3 Å². The van der Waals surface area contributed by atoms with Gasteiger partial charge in [-0.25, -0.2) is 13.1 Å². The van der Waals surface area contributed by atoms with E-state index in [2.05, 4.69) is 16.5 Å². The monoisotopic (exact) mass is 396 g/mol. The van der Waals surface area contributed by atoms with Gasteiger partial charge in [-0.2, -0.15) is 0 Å². The second-order valence-electron chi connectivity index (χ2n) is 6.38. The van der Waals surface area contributed by atoms with Crippen LogP contribution in [0.25, 0.3) is 0 Å². The van der Waals surface area contributed by atoms with Crippen molar-refractivity contribution in [3.05, 3.63) is 66.2 Å². The van der Waals surface area contributed by atoms with Gasteiger partial charge in [0.2, 0.25) is 10.0 Å². The molecule has 0 radical (unpaired) electrons. The van der Waals surface area contributed by atoms with E-state index in [0.29, 0.717) is 19.8 Å². The molecule has 1 fully saturated rings. The summed E-state index contributed by atoms with van der Waals surface area (Å²) in [5.41, 5.74) is 0.653. The van der Waals surface area contributed by atoms with Crippen molar-refractivity contribution in [3.63, 3.8) is 0 Å². The Morgan fingerprint density at radius 1 is 1.00 bits per heavy atom. The average molecular weight is 397 g/mol. The zero-order valence-corrected chi connectivity index (χ0v) is 16.4. The number of sulfonamides is 1. The van der Waals surface area contributed by atoms with Gasteiger partial charge in [-0.15, -0.1) is 12.4 Å². The van der Waals surface area contributed by atoms with Crippen molar-refractivity contribution in [1.82, 2.24) is 9.62 Å². The molecular weight excluding hydrogens is 372 g/mol. The van der Waals surface area contributed by atoms with E-state index in [1.807, 2.05) is 30.3 Å². The number of benzene rings is 2. The molecule has 2 aromatic rings. The van der Waals surface area contributed by atoms with E-state index in [4.69, 9.17) is 4.74 Å². The van der Waals surface area contributed by atoms with Gasteiger partial charge >= 0.3 is 0 Å². The Labute approximate surface area is 161 Å². The van der Waals surface area contributed by atoms with E-state index >= 15 is 0 Å². The maximum absolute atomic E-state index is 12.6. The van der Waals surface area contributed by atoms with Gasteiger partial charge in [-0.3, -0.25) is 4.90 Å². The van der Waals surface area contributed by atoms with Gasteiger partial charge in [0.1, 0.15) is 0 Å². The maximum Gasteiger partial charge on any atom is 0.240 e. The molecule has 0 amide bonds. The quantitative estimate of drug-likeness (QED) is 0.815. The zero-order chi connectivity index (χ0) is 17.8. The summed E-state index contributed by atoms with van der Waals surface area (Å²) in [7, 11) is -3.55. The largest absolute Gasteiger partial charge is 0.379 e. The SMILES string of the molecule is CC(CNS(=O)(=O)c1ccccc1)(c1ccccc1)N1CCOCC1.Cl. The van der Waals surface area contributed by atoms with Crippen LogP contribution in [0.5, 0.6) is 0 Å². The lowest BCUT2D eigenvalue weighted by Crippen LogP contribution is -2.55. The highest BCUT2D eigenvalue weighted by Crippen LogP contribution is 2.29. The van der Waals surface area contributed by atoms with Crippen LogP contribution in [0.15, 0.2) is 65.6 Å². The van der Waals surface area contributed by atoms with Crippen LogP contribution in [0.2, 0.25) is 0 Å². The lowest BCUT2D eigenvalue weighted by molar-refractivity contribution is -0.0164. The van der Waals surface area contributed by atoms with Crippen LogP contribution in [0.3, 0.4) is 0 Å². The van der Waals surface area contributed by atoms with Crippen LogP contribution >= 0.6 is 12.4 Å². The predicted molar refractivity (Wildman–Crippen MR) is 105 cm³/mol. The zero-order valence-electron chi connectivity index (χ0n) is 14.8. The fourth-order valence-electron chi connectivity index (χ4n) is 3.17. The Morgan fingerprint density at radius 2 is 1.54 bits per heavy atom. The molecule has 7 heteroatoms. The van der Waals surface area contributed by atoms with Gasteiger partial charge in [-0.1, -0.05) is 48.5 Å². The highest BCUT2D eigenvalue weighted by Gasteiger charge is 2.35. The molecule has 2 aromatic carbocycles. The minimum Gasteiger partial charge on any atom is -0.379 e. The van der Waals surface area contributed by atoms with Gasteiger partial charge in [0.25, 0.3) is 0 Å². The Bertz CT molecular complexity index is 781. The lowest BCUT2D eigenvalue weighted by atomic mass is 9.89. The highest BCUT2D eigenvalue weighted by molar-refractivity contribution is 7.89. The first-order chi connectivity index (χ1) is 12.0. The van der Waals surface area contributed by atoms with E-state index in [-0.39, 0.29) is 17.3 Å². The molecule has 0 aliphatic carbocycles. The number of hydrogen-bond acceptors (Lipinski definition) is 4. The molecule has 0 saturated carbocycles. The molecule has 1 atom stereocenters. The Balaban J connectivity index is 0.00000243. The standard InChI is InChI=1S/C19H24N2O3S.ClH/c1-19(17-8-4-2-5-9-17,21-12-14-24-15-13-21)16-20-25(22,23)18-10-6-3-7-11-18;/h2-11,20H,12-16H2,1H3;1H. The van der Waals surface area contributed by atoms with Crippen molar-refractivity contribution in [2.24, 2.45) is 0 Å². The molecule has 1 N–H and O–H groups in total. The molecule has 0 aromatic heterocycles. The van der Waals surface area contributed by atoms with Crippen molar-refractivity contribution in [1.29, 1.82) is 0 Å².